The Morgan fingerprint density at radius 3 is 2.59 bits per heavy atom. The van der Waals surface area contributed by atoms with Crippen LogP contribution in [0.5, 0.6) is 5.75 Å². The number of carbonyl (C=O) groups excluding carboxylic acids is 3. The first kappa shape index (κ1) is 20.7. The molecule has 1 spiro atoms. The zero-order valence-corrected chi connectivity index (χ0v) is 18.1. The number of anilines is 1. The lowest BCUT2D eigenvalue weighted by atomic mass is 9.76. The normalized spacial score (nSPS) is 29.3. The van der Waals surface area contributed by atoms with Crippen LogP contribution >= 0.6 is 0 Å². The number of aliphatic hydroxyl groups is 1. The maximum absolute atomic E-state index is 13.7. The second kappa shape index (κ2) is 7.15. The molecule has 0 bridgehead atoms. The average Bonchev–Trinajstić information content (AvgIpc) is 3.36. The molecule has 0 aromatic heterocycles. The van der Waals surface area contributed by atoms with Crippen molar-refractivity contribution in [3.63, 3.8) is 0 Å². The van der Waals surface area contributed by atoms with Gasteiger partial charge < -0.3 is 15.2 Å². The molecule has 3 amide bonds. The maximum Gasteiger partial charge on any atom is 0.250 e. The fourth-order valence-electron chi connectivity index (χ4n) is 5.54. The number of carbonyl (C=O) groups is 3. The molecule has 8 heteroatoms. The summed E-state index contributed by atoms with van der Waals surface area (Å²) in [6.45, 7) is 3.49. The quantitative estimate of drug-likeness (QED) is 0.625. The average molecular weight is 435 g/mol. The molecule has 3 aliphatic rings. The highest BCUT2D eigenvalue weighted by molar-refractivity contribution is 6.15. The summed E-state index contributed by atoms with van der Waals surface area (Å²) in [4.78, 5) is 41.8. The van der Waals surface area contributed by atoms with E-state index in [4.69, 9.17) is 4.74 Å². The molecule has 2 fully saturated rings. The highest BCUT2D eigenvalue weighted by Gasteiger charge is 2.71. The molecule has 3 aliphatic heterocycles. The van der Waals surface area contributed by atoms with E-state index in [1.165, 1.54) is 12.0 Å². The van der Waals surface area contributed by atoms with Crippen molar-refractivity contribution >= 4 is 23.4 Å². The molecular formula is C24H25N3O5. The van der Waals surface area contributed by atoms with Crippen molar-refractivity contribution in [2.24, 2.45) is 11.8 Å². The number of hydrogen-bond donors (Lipinski definition) is 3. The number of para-hydroxylation sites is 2. The van der Waals surface area contributed by atoms with Gasteiger partial charge >= 0.3 is 0 Å². The summed E-state index contributed by atoms with van der Waals surface area (Å²) in [5, 5.41) is 16.6. The van der Waals surface area contributed by atoms with Crippen LogP contribution in [0, 0.1) is 18.8 Å². The molecule has 3 heterocycles. The Morgan fingerprint density at radius 2 is 1.88 bits per heavy atom. The summed E-state index contributed by atoms with van der Waals surface area (Å²) >= 11 is 0. The van der Waals surface area contributed by atoms with E-state index in [2.05, 4.69) is 10.6 Å². The Morgan fingerprint density at radius 1 is 1.12 bits per heavy atom. The van der Waals surface area contributed by atoms with Gasteiger partial charge in [0.1, 0.15) is 11.3 Å². The van der Waals surface area contributed by atoms with Gasteiger partial charge in [0, 0.05) is 22.9 Å². The molecule has 5 rings (SSSR count). The van der Waals surface area contributed by atoms with Crippen molar-refractivity contribution < 1.29 is 24.2 Å². The molecule has 5 atom stereocenters. The molecule has 32 heavy (non-hydrogen) atoms. The first-order valence-corrected chi connectivity index (χ1v) is 10.7. The zero-order chi connectivity index (χ0) is 22.8. The summed E-state index contributed by atoms with van der Waals surface area (Å²) < 4.78 is 5.38. The predicted octanol–water partition coefficient (Wildman–Crippen LogP) is 1.31. The van der Waals surface area contributed by atoms with Crippen molar-refractivity contribution in [1.29, 1.82) is 0 Å². The van der Waals surface area contributed by atoms with Crippen LogP contribution in [0.4, 0.5) is 5.69 Å². The molecule has 2 saturated heterocycles. The highest BCUT2D eigenvalue weighted by atomic mass is 16.5. The lowest BCUT2D eigenvalue weighted by Gasteiger charge is -2.30. The molecule has 2 aromatic rings. The minimum absolute atomic E-state index is 0.0413. The summed E-state index contributed by atoms with van der Waals surface area (Å²) in [5.74, 6) is -2.42. The third-order valence-electron chi connectivity index (χ3n) is 7.03. The van der Waals surface area contributed by atoms with E-state index in [1.807, 2.05) is 31.2 Å². The Balaban J connectivity index is 1.62. The van der Waals surface area contributed by atoms with E-state index in [0.717, 1.165) is 5.56 Å². The molecule has 2 aromatic carbocycles. The van der Waals surface area contributed by atoms with Crippen molar-refractivity contribution in [3.05, 3.63) is 59.2 Å². The van der Waals surface area contributed by atoms with Crippen molar-refractivity contribution in [2.45, 2.75) is 38.1 Å². The van der Waals surface area contributed by atoms with Crippen LogP contribution < -0.4 is 15.4 Å². The number of rotatable bonds is 4. The number of hydrogen-bond acceptors (Lipinski definition) is 6. The van der Waals surface area contributed by atoms with Crippen LogP contribution in [-0.4, -0.2) is 47.0 Å². The number of methoxy groups -OCH3 is 1. The molecule has 0 saturated carbocycles. The number of fused-ring (bicyclic) bond motifs is 4. The van der Waals surface area contributed by atoms with Crippen molar-refractivity contribution in [3.8, 4) is 5.75 Å². The number of benzene rings is 2. The molecule has 8 nitrogen and oxygen atoms in total. The van der Waals surface area contributed by atoms with Gasteiger partial charge in [-0.25, -0.2) is 0 Å². The molecule has 0 radical (unpaired) electrons. The predicted molar refractivity (Wildman–Crippen MR) is 116 cm³/mol. The van der Waals surface area contributed by atoms with Crippen LogP contribution in [0.3, 0.4) is 0 Å². The van der Waals surface area contributed by atoms with Crippen molar-refractivity contribution in [2.75, 3.05) is 12.4 Å². The minimum Gasteiger partial charge on any atom is -0.496 e. The number of ether oxygens (including phenoxy) is 1. The van der Waals surface area contributed by atoms with Crippen molar-refractivity contribution in [1.82, 2.24) is 10.2 Å². The summed E-state index contributed by atoms with van der Waals surface area (Å²) in [7, 11) is 1.53. The topological polar surface area (TPSA) is 108 Å². The lowest BCUT2D eigenvalue weighted by Crippen LogP contribution is -2.54. The zero-order valence-electron chi connectivity index (χ0n) is 18.1. The molecular weight excluding hydrogens is 410 g/mol. The van der Waals surface area contributed by atoms with E-state index in [1.54, 1.807) is 25.1 Å². The first-order valence-electron chi connectivity index (χ1n) is 10.7. The van der Waals surface area contributed by atoms with Gasteiger partial charge in [-0.05, 0) is 25.5 Å². The lowest BCUT2D eigenvalue weighted by molar-refractivity contribution is -0.143. The second-order valence-corrected chi connectivity index (χ2v) is 8.75. The number of nitrogens with zero attached hydrogens (tertiary/aromatic N) is 1. The minimum atomic E-state index is -1.41. The van der Waals surface area contributed by atoms with E-state index in [9.17, 15) is 19.5 Å². The van der Waals surface area contributed by atoms with Gasteiger partial charge in [-0.2, -0.15) is 0 Å². The van der Waals surface area contributed by atoms with Gasteiger partial charge in [-0.15, -0.1) is 0 Å². The summed E-state index contributed by atoms with van der Waals surface area (Å²) in [6, 6.07) is 12.0. The Kier molecular flexibility index (Phi) is 4.61. The standard InChI is InChI=1S/C24H25N3O5/c1-12-7-6-9-15-19(12)25-23(31)24(15)18-17(20(26-24)13(2)28)21(29)27(22(18)30)11-14-8-4-5-10-16(14)32-3/h4-10,13,17-18,20,26,28H,11H2,1-3H3,(H,25,31)/t13-,17-,18-,20+,24+/m0/s1. The Bertz CT molecular complexity index is 1150. The summed E-state index contributed by atoms with van der Waals surface area (Å²) in [6.07, 6.45) is -0.938. The first-order chi connectivity index (χ1) is 15.3. The van der Waals surface area contributed by atoms with Crippen LogP contribution in [0.1, 0.15) is 23.6 Å². The van der Waals surface area contributed by atoms with Crippen LogP contribution in [-0.2, 0) is 26.5 Å². The summed E-state index contributed by atoms with van der Waals surface area (Å²) in [5.41, 5.74) is 1.45. The van der Waals surface area contributed by atoms with Crippen LogP contribution in [0.2, 0.25) is 0 Å². The highest BCUT2D eigenvalue weighted by Crippen LogP contribution is 2.54. The van der Waals surface area contributed by atoms with Gasteiger partial charge in [0.15, 0.2) is 0 Å². The monoisotopic (exact) mass is 435 g/mol. The molecule has 0 unspecified atom stereocenters. The Hall–Kier alpha value is -3.23. The van der Waals surface area contributed by atoms with Gasteiger partial charge in [0.25, 0.3) is 0 Å². The fraction of sp³-hybridized carbons (Fsp3) is 0.375. The van der Waals surface area contributed by atoms with Crippen LogP contribution in [0.25, 0.3) is 0 Å². The number of aliphatic hydroxyl groups excluding tert-OH is 1. The SMILES string of the molecule is COc1ccccc1CN1C(=O)[C@@H]2[C@@H]([C@H](C)O)N[C@@]3(C(=O)Nc4c(C)cccc43)[C@@H]2C1=O. The third kappa shape index (κ3) is 2.59. The second-order valence-electron chi connectivity index (χ2n) is 8.75. The number of nitrogens with one attached hydrogen (secondary N) is 2. The molecule has 3 N–H and O–H groups in total. The largest absolute Gasteiger partial charge is 0.496 e. The number of imide groups is 1. The Labute approximate surface area is 185 Å². The van der Waals surface area contributed by atoms with Crippen LogP contribution in [0.15, 0.2) is 42.5 Å². The van der Waals surface area contributed by atoms with Gasteiger partial charge in [0.2, 0.25) is 17.7 Å². The molecule has 0 aliphatic carbocycles. The number of aryl methyl sites for hydroxylation is 1. The fourth-order valence-corrected chi connectivity index (χ4v) is 5.54. The molecule has 166 valence electrons. The maximum atomic E-state index is 13.7. The van der Waals surface area contributed by atoms with E-state index >= 15 is 0 Å². The smallest absolute Gasteiger partial charge is 0.250 e. The van der Waals surface area contributed by atoms with Gasteiger partial charge in [-0.3, -0.25) is 24.6 Å². The van der Waals surface area contributed by atoms with E-state index in [0.29, 0.717) is 22.6 Å². The number of amides is 3. The third-order valence-corrected chi connectivity index (χ3v) is 7.03. The van der Waals surface area contributed by atoms with Gasteiger partial charge in [0.05, 0.1) is 31.6 Å². The van der Waals surface area contributed by atoms with E-state index < -0.39 is 41.3 Å². The number of likely N-dealkylation sites (tertiary alicyclic amines) is 1. The van der Waals surface area contributed by atoms with E-state index in [-0.39, 0.29) is 12.5 Å². The van der Waals surface area contributed by atoms with Gasteiger partial charge in [-0.1, -0.05) is 36.4 Å².